The third kappa shape index (κ3) is 1.15. The van der Waals surface area contributed by atoms with E-state index in [0.29, 0.717) is 0 Å². The number of nitrogens with two attached hydrogens (primary N) is 1. The first-order valence-electron chi connectivity index (χ1n) is 4.86. The number of hydrogen-bond acceptors (Lipinski definition) is 1. The van der Waals surface area contributed by atoms with Gasteiger partial charge in [0.25, 0.3) is 0 Å². The second-order valence-corrected chi connectivity index (χ2v) is 4.75. The van der Waals surface area contributed by atoms with E-state index in [1.165, 1.54) is 5.56 Å². The molecule has 0 heterocycles. The van der Waals surface area contributed by atoms with Crippen LogP contribution in [0.2, 0.25) is 0 Å². The largest absolute Gasteiger partial charge is 0.321 e. The van der Waals surface area contributed by atoms with Crippen molar-refractivity contribution < 1.29 is 0 Å². The molecule has 1 heteroatoms. The lowest BCUT2D eigenvalue weighted by molar-refractivity contribution is 0.510. The van der Waals surface area contributed by atoms with Crippen LogP contribution in [-0.2, 0) is 5.54 Å². The zero-order valence-electron chi connectivity index (χ0n) is 8.67. The first-order valence-corrected chi connectivity index (χ1v) is 4.86. The smallest absolute Gasteiger partial charge is 0.0468 e. The highest BCUT2D eigenvalue weighted by molar-refractivity contribution is 5.40. The van der Waals surface area contributed by atoms with E-state index in [1.807, 2.05) is 24.3 Å². The summed E-state index contributed by atoms with van der Waals surface area (Å²) in [5, 5.41) is 0. The van der Waals surface area contributed by atoms with Crippen LogP contribution in [-0.4, -0.2) is 0 Å². The third-order valence-electron chi connectivity index (χ3n) is 3.37. The third-order valence-corrected chi connectivity index (χ3v) is 3.37. The van der Waals surface area contributed by atoms with Gasteiger partial charge in [0.15, 0.2) is 0 Å². The molecular formula is C13H15N. The molecule has 1 aromatic rings. The fourth-order valence-corrected chi connectivity index (χ4v) is 2.01. The van der Waals surface area contributed by atoms with Crippen LogP contribution in [0.15, 0.2) is 24.3 Å². The van der Waals surface area contributed by atoms with Crippen LogP contribution in [0, 0.1) is 17.8 Å². The van der Waals surface area contributed by atoms with Gasteiger partial charge in [-0.25, -0.2) is 0 Å². The first kappa shape index (κ1) is 9.30. The van der Waals surface area contributed by atoms with Crippen molar-refractivity contribution in [3.05, 3.63) is 35.4 Å². The van der Waals surface area contributed by atoms with E-state index in [9.17, 15) is 0 Å². The highest BCUT2D eigenvalue weighted by Crippen LogP contribution is 2.60. The molecule has 1 aliphatic carbocycles. The molecule has 1 atom stereocenters. The van der Waals surface area contributed by atoms with Gasteiger partial charge in [-0.15, -0.1) is 6.42 Å². The second-order valence-electron chi connectivity index (χ2n) is 4.75. The minimum absolute atomic E-state index is 0.139. The number of rotatable bonds is 1. The minimum atomic E-state index is -0.139. The first-order chi connectivity index (χ1) is 6.49. The predicted molar refractivity (Wildman–Crippen MR) is 58.6 cm³/mol. The summed E-state index contributed by atoms with van der Waals surface area (Å²) in [7, 11) is 0. The molecule has 1 fully saturated rings. The minimum Gasteiger partial charge on any atom is -0.321 e. The molecule has 0 aromatic heterocycles. The molecule has 1 aromatic carbocycles. The van der Waals surface area contributed by atoms with Gasteiger partial charge in [0.05, 0.1) is 0 Å². The Labute approximate surface area is 85.3 Å². The van der Waals surface area contributed by atoms with Crippen molar-refractivity contribution in [3.63, 3.8) is 0 Å². The van der Waals surface area contributed by atoms with Crippen molar-refractivity contribution in [3.8, 4) is 12.3 Å². The van der Waals surface area contributed by atoms with Gasteiger partial charge in [-0.1, -0.05) is 31.9 Å². The van der Waals surface area contributed by atoms with Crippen molar-refractivity contribution in [2.75, 3.05) is 0 Å². The second kappa shape index (κ2) is 2.62. The molecule has 2 N–H and O–H groups in total. The van der Waals surface area contributed by atoms with Crippen LogP contribution in [0.25, 0.3) is 0 Å². The number of benzene rings is 1. The lowest BCUT2D eigenvalue weighted by atomic mass is 9.96. The monoisotopic (exact) mass is 185 g/mol. The van der Waals surface area contributed by atoms with E-state index in [-0.39, 0.29) is 11.0 Å². The highest BCUT2D eigenvalue weighted by atomic mass is 14.9. The summed E-state index contributed by atoms with van der Waals surface area (Å²) >= 11 is 0. The molecule has 72 valence electrons. The Morgan fingerprint density at radius 2 is 1.79 bits per heavy atom. The van der Waals surface area contributed by atoms with Crippen molar-refractivity contribution in [1.82, 2.24) is 0 Å². The summed E-state index contributed by atoms with van der Waals surface area (Å²) in [4.78, 5) is 0. The molecule has 2 rings (SSSR count). The van der Waals surface area contributed by atoms with Crippen molar-refractivity contribution in [1.29, 1.82) is 0 Å². The van der Waals surface area contributed by atoms with E-state index in [4.69, 9.17) is 12.2 Å². The standard InChI is InChI=1S/C13H15N/c1-4-10-5-7-11(8-6-10)13(14)9-12(13,2)3/h1,5-8H,9,14H2,2-3H3. The fourth-order valence-electron chi connectivity index (χ4n) is 2.01. The van der Waals surface area contributed by atoms with E-state index >= 15 is 0 Å². The molecule has 0 aliphatic heterocycles. The SMILES string of the molecule is C#Cc1ccc(C2(N)CC2(C)C)cc1. The Balaban J connectivity index is 2.33. The molecule has 0 radical (unpaired) electrons. The van der Waals surface area contributed by atoms with Gasteiger partial charge in [-0.3, -0.25) is 0 Å². The summed E-state index contributed by atoms with van der Waals surface area (Å²) in [5.41, 5.74) is 8.48. The Morgan fingerprint density at radius 1 is 1.29 bits per heavy atom. The maximum Gasteiger partial charge on any atom is 0.0468 e. The van der Waals surface area contributed by atoms with Crippen molar-refractivity contribution in [2.45, 2.75) is 25.8 Å². The van der Waals surface area contributed by atoms with Gasteiger partial charge in [0.1, 0.15) is 0 Å². The molecular weight excluding hydrogens is 170 g/mol. The zero-order chi connectivity index (χ0) is 10.4. The molecule has 1 unspecified atom stereocenters. The summed E-state index contributed by atoms with van der Waals surface area (Å²) < 4.78 is 0. The predicted octanol–water partition coefficient (Wildman–Crippen LogP) is 2.25. The van der Waals surface area contributed by atoms with E-state index < -0.39 is 0 Å². The summed E-state index contributed by atoms with van der Waals surface area (Å²) in [6.07, 6.45) is 6.35. The zero-order valence-corrected chi connectivity index (χ0v) is 8.67. The molecule has 0 spiro atoms. The number of hydrogen-bond donors (Lipinski definition) is 1. The normalized spacial score (nSPS) is 28.1. The van der Waals surface area contributed by atoms with Crippen LogP contribution in [0.4, 0.5) is 0 Å². The van der Waals surface area contributed by atoms with Crippen molar-refractivity contribution in [2.24, 2.45) is 11.1 Å². The van der Waals surface area contributed by atoms with Gasteiger partial charge >= 0.3 is 0 Å². The Morgan fingerprint density at radius 3 is 2.14 bits per heavy atom. The maximum absolute atomic E-state index is 6.29. The summed E-state index contributed by atoms with van der Waals surface area (Å²) in [6.45, 7) is 4.39. The molecule has 0 amide bonds. The van der Waals surface area contributed by atoms with Gasteiger partial charge in [-0.05, 0) is 29.5 Å². The van der Waals surface area contributed by atoms with Crippen LogP contribution < -0.4 is 5.73 Å². The quantitative estimate of drug-likeness (QED) is 0.667. The Hall–Kier alpha value is -1.26. The van der Waals surface area contributed by atoms with Gasteiger partial charge in [0.2, 0.25) is 0 Å². The topological polar surface area (TPSA) is 26.0 Å². The van der Waals surface area contributed by atoms with E-state index in [1.54, 1.807) is 0 Å². The van der Waals surface area contributed by atoms with Gasteiger partial charge < -0.3 is 5.73 Å². The van der Waals surface area contributed by atoms with Crippen molar-refractivity contribution >= 4 is 0 Å². The maximum atomic E-state index is 6.29. The molecule has 14 heavy (non-hydrogen) atoms. The number of terminal acetylenes is 1. The van der Waals surface area contributed by atoms with E-state index in [2.05, 4.69) is 19.8 Å². The van der Waals surface area contributed by atoms with E-state index in [0.717, 1.165) is 12.0 Å². The molecule has 1 nitrogen and oxygen atoms in total. The molecule has 1 saturated carbocycles. The Kier molecular flexibility index (Phi) is 1.74. The van der Waals surface area contributed by atoms with Crippen LogP contribution in [0.1, 0.15) is 31.4 Å². The molecule has 1 aliphatic rings. The summed E-state index contributed by atoms with van der Waals surface area (Å²) in [5.74, 6) is 2.61. The molecule has 0 bridgehead atoms. The van der Waals surface area contributed by atoms with Crippen LogP contribution in [0.5, 0.6) is 0 Å². The lowest BCUT2D eigenvalue weighted by Gasteiger charge is -2.15. The summed E-state index contributed by atoms with van der Waals surface area (Å²) in [6, 6.07) is 8.00. The highest BCUT2D eigenvalue weighted by Gasteiger charge is 2.59. The molecule has 0 saturated heterocycles. The van der Waals surface area contributed by atoms with Crippen LogP contribution >= 0.6 is 0 Å². The van der Waals surface area contributed by atoms with Crippen LogP contribution in [0.3, 0.4) is 0 Å². The Bertz CT molecular complexity index is 394. The fraction of sp³-hybridized carbons (Fsp3) is 0.385. The van der Waals surface area contributed by atoms with Gasteiger partial charge in [0, 0.05) is 11.1 Å². The lowest BCUT2D eigenvalue weighted by Crippen LogP contribution is -2.25. The van der Waals surface area contributed by atoms with Gasteiger partial charge in [-0.2, -0.15) is 0 Å². The average Bonchev–Trinajstić information content (AvgIpc) is 2.68. The average molecular weight is 185 g/mol.